The van der Waals surface area contributed by atoms with Crippen LogP contribution in [0, 0.1) is 0 Å². The van der Waals surface area contributed by atoms with E-state index < -0.39 is 0 Å². The van der Waals surface area contributed by atoms with Gasteiger partial charge in [0.05, 0.1) is 22.1 Å². The van der Waals surface area contributed by atoms with Crippen LogP contribution < -0.4 is 15.2 Å². The van der Waals surface area contributed by atoms with Gasteiger partial charge in [0.25, 0.3) is 0 Å². The van der Waals surface area contributed by atoms with Crippen molar-refractivity contribution >= 4 is 31.9 Å². The molecule has 0 spiro atoms. The Hall–Kier alpha value is -0.260. The maximum Gasteiger partial charge on any atom is 0.140 e. The lowest BCUT2D eigenvalue weighted by atomic mass is 10.1. The van der Waals surface area contributed by atoms with Crippen LogP contribution in [-0.2, 0) is 0 Å². The van der Waals surface area contributed by atoms with Crippen molar-refractivity contribution in [2.45, 2.75) is 19.1 Å². The number of benzene rings is 1. The fourth-order valence-electron chi connectivity index (χ4n) is 1.66. The molecule has 3 nitrogen and oxygen atoms in total. The Morgan fingerprint density at radius 3 is 2.73 bits per heavy atom. The summed E-state index contributed by atoms with van der Waals surface area (Å²) in [5.74, 6) is 1.57. The van der Waals surface area contributed by atoms with Gasteiger partial charge >= 0.3 is 0 Å². The van der Waals surface area contributed by atoms with E-state index in [2.05, 4.69) is 31.9 Å². The number of nitrogens with two attached hydrogens (primary N) is 1. The molecule has 1 aliphatic rings. The quantitative estimate of drug-likeness (QED) is 0.857. The van der Waals surface area contributed by atoms with Crippen LogP contribution in [0.5, 0.6) is 11.5 Å². The van der Waals surface area contributed by atoms with E-state index in [0.717, 1.165) is 26.0 Å². The molecule has 1 aliphatic heterocycles. The Balaban J connectivity index is 2.64. The summed E-state index contributed by atoms with van der Waals surface area (Å²) in [6.07, 6.45) is -0.0142. The third-order valence-corrected chi connectivity index (χ3v) is 3.94. The first-order valence-corrected chi connectivity index (χ1v) is 6.13. The summed E-state index contributed by atoms with van der Waals surface area (Å²) >= 11 is 6.94. The minimum atomic E-state index is -0.124. The molecule has 2 unspecified atom stereocenters. The van der Waals surface area contributed by atoms with Gasteiger partial charge in [-0.05, 0) is 44.8 Å². The third-order valence-electron chi connectivity index (χ3n) is 2.53. The fraction of sp³-hybridized carbons (Fsp3) is 0.400. The lowest BCUT2D eigenvalue weighted by Crippen LogP contribution is -2.21. The van der Waals surface area contributed by atoms with Crippen LogP contribution in [0.25, 0.3) is 0 Å². The van der Waals surface area contributed by atoms with Gasteiger partial charge in [-0.15, -0.1) is 0 Å². The van der Waals surface area contributed by atoms with E-state index in [4.69, 9.17) is 15.2 Å². The maximum atomic E-state index is 6.05. The predicted octanol–water partition coefficient (Wildman–Crippen LogP) is 3.00. The Morgan fingerprint density at radius 2 is 2.13 bits per heavy atom. The topological polar surface area (TPSA) is 44.5 Å². The van der Waals surface area contributed by atoms with E-state index >= 15 is 0 Å². The Morgan fingerprint density at radius 1 is 1.47 bits per heavy atom. The summed E-state index contributed by atoms with van der Waals surface area (Å²) in [6, 6.07) is 1.74. The Bertz CT molecular complexity index is 409. The molecule has 2 N–H and O–H groups in total. The van der Waals surface area contributed by atoms with E-state index in [0.29, 0.717) is 0 Å². The molecule has 2 atom stereocenters. The Kier molecular flexibility index (Phi) is 2.96. The smallest absolute Gasteiger partial charge is 0.140 e. The highest BCUT2D eigenvalue weighted by Crippen LogP contribution is 2.48. The van der Waals surface area contributed by atoms with Crippen molar-refractivity contribution in [3.05, 3.63) is 20.6 Å². The molecule has 0 bridgehead atoms. The highest BCUT2D eigenvalue weighted by molar-refractivity contribution is 9.11. The number of halogens is 2. The molecule has 1 aromatic carbocycles. The van der Waals surface area contributed by atoms with E-state index in [-0.39, 0.29) is 12.1 Å². The zero-order valence-electron chi connectivity index (χ0n) is 8.38. The van der Waals surface area contributed by atoms with Crippen LogP contribution in [0.15, 0.2) is 15.0 Å². The van der Waals surface area contributed by atoms with Crippen LogP contribution in [0.2, 0.25) is 0 Å². The number of fused-ring (bicyclic) bond motifs is 1. The number of ether oxygens (including phenoxy) is 2. The summed E-state index contributed by atoms with van der Waals surface area (Å²) in [6.45, 7) is 1.95. The Labute approximate surface area is 105 Å². The van der Waals surface area contributed by atoms with Crippen molar-refractivity contribution in [3.63, 3.8) is 0 Å². The predicted molar refractivity (Wildman–Crippen MR) is 65.4 cm³/mol. The first kappa shape index (κ1) is 11.2. The molecule has 0 aromatic heterocycles. The SMILES string of the molecule is COc1cc(Br)c2c(c1Br)C(N)C(C)O2. The standard InChI is InChI=1S/C10H11Br2NO2/c1-4-9(13)7-8(12)6(14-2)3-5(11)10(7)15-4/h3-4,9H,13H2,1-2H3. The molecule has 5 heteroatoms. The van der Waals surface area contributed by atoms with Gasteiger partial charge in [0, 0.05) is 5.56 Å². The molecule has 82 valence electrons. The molecular weight excluding hydrogens is 326 g/mol. The number of rotatable bonds is 1. The van der Waals surface area contributed by atoms with Crippen LogP contribution in [-0.4, -0.2) is 13.2 Å². The summed E-state index contributed by atoms with van der Waals surface area (Å²) in [5.41, 5.74) is 7.02. The molecule has 15 heavy (non-hydrogen) atoms. The van der Waals surface area contributed by atoms with Crippen LogP contribution in [0.3, 0.4) is 0 Å². The second-order valence-electron chi connectivity index (χ2n) is 3.47. The number of hydrogen-bond acceptors (Lipinski definition) is 3. The molecule has 1 heterocycles. The second-order valence-corrected chi connectivity index (χ2v) is 5.11. The van der Waals surface area contributed by atoms with Crippen molar-refractivity contribution in [2.24, 2.45) is 5.73 Å². The lowest BCUT2D eigenvalue weighted by molar-refractivity contribution is 0.227. The second kappa shape index (κ2) is 3.96. The van der Waals surface area contributed by atoms with E-state index in [1.54, 1.807) is 7.11 Å². The normalized spacial score (nSPS) is 23.5. The highest BCUT2D eigenvalue weighted by Gasteiger charge is 2.33. The van der Waals surface area contributed by atoms with Crippen LogP contribution in [0.1, 0.15) is 18.5 Å². The average Bonchev–Trinajstić information content (AvgIpc) is 2.50. The number of hydrogen-bond donors (Lipinski definition) is 1. The van der Waals surface area contributed by atoms with Crippen molar-refractivity contribution in [1.82, 2.24) is 0 Å². The monoisotopic (exact) mass is 335 g/mol. The van der Waals surface area contributed by atoms with E-state index in [1.807, 2.05) is 13.0 Å². The van der Waals surface area contributed by atoms with Gasteiger partial charge in [0.2, 0.25) is 0 Å². The summed E-state index contributed by atoms with van der Waals surface area (Å²) in [7, 11) is 1.63. The van der Waals surface area contributed by atoms with Crippen LogP contribution >= 0.6 is 31.9 Å². The zero-order chi connectivity index (χ0) is 11.2. The van der Waals surface area contributed by atoms with Gasteiger partial charge in [0.1, 0.15) is 17.6 Å². The molecule has 0 amide bonds. The summed E-state index contributed by atoms with van der Waals surface area (Å²) in [4.78, 5) is 0. The van der Waals surface area contributed by atoms with Crippen LogP contribution in [0.4, 0.5) is 0 Å². The molecule has 0 saturated heterocycles. The van der Waals surface area contributed by atoms with Crippen molar-refractivity contribution in [3.8, 4) is 11.5 Å². The molecule has 0 saturated carbocycles. The molecule has 0 radical (unpaired) electrons. The van der Waals surface area contributed by atoms with Gasteiger partial charge in [-0.3, -0.25) is 0 Å². The fourth-order valence-corrected chi connectivity index (χ4v) is 2.90. The molecule has 0 fully saturated rings. The molecule has 1 aromatic rings. The van der Waals surface area contributed by atoms with Crippen molar-refractivity contribution in [1.29, 1.82) is 0 Å². The summed E-state index contributed by atoms with van der Waals surface area (Å²) in [5, 5.41) is 0. The minimum Gasteiger partial charge on any atom is -0.496 e. The van der Waals surface area contributed by atoms with Crippen molar-refractivity contribution < 1.29 is 9.47 Å². The lowest BCUT2D eigenvalue weighted by Gasteiger charge is -2.11. The maximum absolute atomic E-state index is 6.05. The first-order valence-electron chi connectivity index (χ1n) is 4.54. The highest BCUT2D eigenvalue weighted by atomic mass is 79.9. The number of methoxy groups -OCH3 is 1. The average molecular weight is 337 g/mol. The van der Waals surface area contributed by atoms with Gasteiger partial charge in [-0.1, -0.05) is 0 Å². The molecule has 0 aliphatic carbocycles. The van der Waals surface area contributed by atoms with Gasteiger partial charge in [-0.2, -0.15) is 0 Å². The van der Waals surface area contributed by atoms with Crippen molar-refractivity contribution in [2.75, 3.05) is 7.11 Å². The summed E-state index contributed by atoms with van der Waals surface area (Å²) < 4.78 is 12.7. The van der Waals surface area contributed by atoms with E-state index in [1.165, 1.54) is 0 Å². The van der Waals surface area contributed by atoms with Gasteiger partial charge < -0.3 is 15.2 Å². The van der Waals surface area contributed by atoms with Gasteiger partial charge in [-0.25, -0.2) is 0 Å². The third kappa shape index (κ3) is 1.66. The largest absolute Gasteiger partial charge is 0.496 e. The minimum absolute atomic E-state index is 0.0142. The first-order chi connectivity index (χ1) is 7.06. The zero-order valence-corrected chi connectivity index (χ0v) is 11.6. The van der Waals surface area contributed by atoms with E-state index in [9.17, 15) is 0 Å². The molecular formula is C10H11Br2NO2. The molecule has 2 rings (SSSR count). The van der Waals surface area contributed by atoms with Gasteiger partial charge in [0.15, 0.2) is 0 Å².